The molecule has 35 heavy (non-hydrogen) atoms. The number of nitrogens with zero attached hydrogens (tertiary/aromatic N) is 2. The van der Waals surface area contributed by atoms with Gasteiger partial charge in [0.25, 0.3) is 0 Å². The molecule has 2 aromatic carbocycles. The van der Waals surface area contributed by atoms with Crippen molar-refractivity contribution in [1.29, 1.82) is 0 Å². The van der Waals surface area contributed by atoms with Crippen LogP contribution in [0.1, 0.15) is 34.2 Å². The Morgan fingerprint density at radius 2 is 2.11 bits per heavy atom. The van der Waals surface area contributed by atoms with Crippen molar-refractivity contribution >= 4 is 11.8 Å². The van der Waals surface area contributed by atoms with Crippen LogP contribution in [-0.4, -0.2) is 35.7 Å². The fraction of sp³-hybridized carbons (Fsp3) is 0.379. The van der Waals surface area contributed by atoms with Gasteiger partial charge in [0.2, 0.25) is 0 Å². The predicted octanol–water partition coefficient (Wildman–Crippen LogP) is 4.50. The number of aliphatic carboxylic acids is 1. The van der Waals surface area contributed by atoms with Gasteiger partial charge in [-0.15, -0.1) is 0 Å². The van der Waals surface area contributed by atoms with Gasteiger partial charge in [0.05, 0.1) is 11.1 Å². The van der Waals surface area contributed by atoms with Gasteiger partial charge in [-0.2, -0.15) is 0 Å². The van der Waals surface area contributed by atoms with E-state index >= 15 is 0 Å². The predicted molar refractivity (Wildman–Crippen MR) is 136 cm³/mol. The number of rotatable bonds is 6. The molecule has 1 aromatic heterocycles. The number of carbonyl (C=O) groups is 1. The molecule has 6 heteroatoms. The highest BCUT2D eigenvalue weighted by Gasteiger charge is 2.65. The number of fused-ring (bicyclic) bond motifs is 2. The second-order valence-corrected chi connectivity index (χ2v) is 10.3. The number of aryl methyl sites for hydroxylation is 1. The standard InChI is InChI=1S/C29H31N3O3/c1-18-6-9-26(35-16-21-8-7-20-14-30-11-10-23(20)19(21)2)24(12-18)25-4-3-5-27(31-25)32-15-22-13-29(22,17-32)28(33)34/h3-9,12,22,30H,10-11,13-17H2,1-2H3,(H,33,34)/t22-,29-/m0/s1. The van der Waals surface area contributed by atoms with Crippen molar-refractivity contribution in [1.82, 2.24) is 10.3 Å². The first kappa shape index (κ1) is 22.1. The third kappa shape index (κ3) is 3.86. The van der Waals surface area contributed by atoms with Crippen LogP contribution >= 0.6 is 0 Å². The molecule has 2 atom stereocenters. The zero-order valence-electron chi connectivity index (χ0n) is 20.3. The lowest BCUT2D eigenvalue weighted by atomic mass is 9.93. The van der Waals surface area contributed by atoms with Crippen LogP contribution in [0.2, 0.25) is 0 Å². The summed E-state index contributed by atoms with van der Waals surface area (Å²) >= 11 is 0. The van der Waals surface area contributed by atoms with Gasteiger partial charge in [-0.05, 0) is 85.7 Å². The molecule has 3 aromatic rings. The SMILES string of the molecule is Cc1ccc(OCc2ccc3c(c2C)CCNC3)c(-c2cccc(N3C[C@@H]4C[C@]4(C(=O)O)C3)n2)c1. The Hall–Kier alpha value is -3.38. The molecule has 0 bridgehead atoms. The van der Waals surface area contributed by atoms with Crippen LogP contribution in [0.3, 0.4) is 0 Å². The van der Waals surface area contributed by atoms with Gasteiger partial charge in [0, 0.05) is 25.2 Å². The minimum atomic E-state index is -0.677. The second-order valence-electron chi connectivity index (χ2n) is 10.3. The van der Waals surface area contributed by atoms with E-state index in [1.807, 2.05) is 24.3 Å². The summed E-state index contributed by atoms with van der Waals surface area (Å²) < 4.78 is 6.39. The van der Waals surface area contributed by atoms with Gasteiger partial charge in [0.1, 0.15) is 18.2 Å². The summed E-state index contributed by atoms with van der Waals surface area (Å²) in [5.41, 5.74) is 7.77. The first-order valence-electron chi connectivity index (χ1n) is 12.4. The lowest BCUT2D eigenvalue weighted by molar-refractivity contribution is -0.143. The van der Waals surface area contributed by atoms with E-state index in [-0.39, 0.29) is 5.92 Å². The maximum absolute atomic E-state index is 11.7. The number of ether oxygens (including phenoxy) is 1. The number of carboxylic acids is 1. The molecule has 2 N–H and O–H groups in total. The molecule has 0 unspecified atom stereocenters. The van der Waals surface area contributed by atoms with E-state index in [2.05, 4.69) is 48.3 Å². The highest BCUT2D eigenvalue weighted by Crippen LogP contribution is 2.58. The third-order valence-electron chi connectivity index (χ3n) is 8.10. The molecule has 1 aliphatic carbocycles. The van der Waals surface area contributed by atoms with E-state index in [0.717, 1.165) is 60.9 Å². The summed E-state index contributed by atoms with van der Waals surface area (Å²) in [5, 5.41) is 13.1. The van der Waals surface area contributed by atoms with Gasteiger partial charge >= 0.3 is 5.97 Å². The normalized spacial score (nSPS) is 22.5. The molecule has 0 spiro atoms. The topological polar surface area (TPSA) is 74.7 Å². The Kier molecular flexibility index (Phi) is 5.29. The van der Waals surface area contributed by atoms with Gasteiger partial charge in [-0.3, -0.25) is 4.79 Å². The van der Waals surface area contributed by atoms with E-state index < -0.39 is 11.4 Å². The van der Waals surface area contributed by atoms with E-state index in [4.69, 9.17) is 9.72 Å². The maximum atomic E-state index is 11.7. The Morgan fingerprint density at radius 3 is 2.94 bits per heavy atom. The summed E-state index contributed by atoms with van der Waals surface area (Å²) in [6.07, 6.45) is 1.84. The fourth-order valence-corrected chi connectivity index (χ4v) is 5.83. The average Bonchev–Trinajstić information content (AvgIpc) is 3.45. The van der Waals surface area contributed by atoms with Crippen molar-refractivity contribution in [2.75, 3.05) is 24.5 Å². The van der Waals surface area contributed by atoms with Crippen LogP contribution in [0.5, 0.6) is 5.75 Å². The lowest BCUT2D eigenvalue weighted by Crippen LogP contribution is -2.29. The summed E-state index contributed by atoms with van der Waals surface area (Å²) in [6, 6.07) is 16.6. The van der Waals surface area contributed by atoms with Crippen LogP contribution < -0.4 is 15.0 Å². The van der Waals surface area contributed by atoms with Crippen molar-refractivity contribution in [3.05, 3.63) is 76.3 Å². The quantitative estimate of drug-likeness (QED) is 0.554. The van der Waals surface area contributed by atoms with Crippen molar-refractivity contribution in [3.63, 3.8) is 0 Å². The second kappa shape index (κ2) is 8.38. The number of benzene rings is 2. The highest BCUT2D eigenvalue weighted by molar-refractivity contribution is 5.81. The molecular formula is C29H31N3O3. The number of hydrogen-bond acceptors (Lipinski definition) is 5. The molecule has 3 aliphatic rings. The highest BCUT2D eigenvalue weighted by atomic mass is 16.5. The van der Waals surface area contributed by atoms with E-state index in [1.54, 1.807) is 0 Å². The van der Waals surface area contributed by atoms with Crippen LogP contribution in [0, 0.1) is 25.2 Å². The van der Waals surface area contributed by atoms with E-state index in [1.165, 1.54) is 22.3 Å². The Morgan fingerprint density at radius 1 is 1.23 bits per heavy atom. The molecule has 6 rings (SSSR count). The minimum absolute atomic E-state index is 0.235. The summed E-state index contributed by atoms with van der Waals surface area (Å²) in [7, 11) is 0. The van der Waals surface area contributed by atoms with Crippen molar-refractivity contribution in [2.45, 2.75) is 39.8 Å². The van der Waals surface area contributed by atoms with Crippen molar-refractivity contribution in [2.24, 2.45) is 11.3 Å². The number of hydrogen-bond donors (Lipinski definition) is 2. The third-order valence-corrected chi connectivity index (χ3v) is 8.10. The molecule has 2 fully saturated rings. The van der Waals surface area contributed by atoms with Crippen LogP contribution in [0.4, 0.5) is 5.82 Å². The van der Waals surface area contributed by atoms with Crippen LogP contribution in [0.15, 0.2) is 48.5 Å². The first-order chi connectivity index (χ1) is 16.9. The van der Waals surface area contributed by atoms with E-state index in [0.29, 0.717) is 13.2 Å². The molecule has 1 saturated carbocycles. The number of carboxylic acid groups (broad SMARTS) is 1. The number of pyridine rings is 1. The number of nitrogens with one attached hydrogen (secondary N) is 1. The number of piperidine rings is 1. The molecule has 6 nitrogen and oxygen atoms in total. The summed E-state index contributed by atoms with van der Waals surface area (Å²) in [6.45, 7) is 8.04. The van der Waals surface area contributed by atoms with Crippen molar-refractivity contribution < 1.29 is 14.6 Å². The molecular weight excluding hydrogens is 438 g/mol. The largest absolute Gasteiger partial charge is 0.488 e. The van der Waals surface area contributed by atoms with E-state index in [9.17, 15) is 9.90 Å². The zero-order chi connectivity index (χ0) is 24.2. The zero-order valence-corrected chi connectivity index (χ0v) is 20.3. The van der Waals surface area contributed by atoms with Gasteiger partial charge in [-0.1, -0.05) is 29.8 Å². The smallest absolute Gasteiger partial charge is 0.311 e. The van der Waals surface area contributed by atoms with Crippen molar-refractivity contribution in [3.8, 4) is 17.0 Å². The monoisotopic (exact) mass is 469 g/mol. The van der Waals surface area contributed by atoms with Crippen LogP contribution in [0.25, 0.3) is 11.3 Å². The van der Waals surface area contributed by atoms with Gasteiger partial charge in [0.15, 0.2) is 0 Å². The Balaban J connectivity index is 1.26. The fourth-order valence-electron chi connectivity index (χ4n) is 5.83. The molecule has 1 saturated heterocycles. The molecule has 180 valence electrons. The molecule has 3 heterocycles. The number of aromatic nitrogens is 1. The van der Waals surface area contributed by atoms with Gasteiger partial charge in [-0.25, -0.2) is 4.98 Å². The molecule has 0 radical (unpaired) electrons. The maximum Gasteiger partial charge on any atom is 0.311 e. The lowest BCUT2D eigenvalue weighted by Gasteiger charge is -2.22. The Bertz CT molecular complexity index is 1320. The average molecular weight is 470 g/mol. The van der Waals surface area contributed by atoms with Crippen LogP contribution in [-0.2, 0) is 24.4 Å². The minimum Gasteiger partial charge on any atom is -0.488 e. The summed E-state index contributed by atoms with van der Waals surface area (Å²) in [5.74, 6) is 1.20. The Labute approximate surface area is 206 Å². The first-order valence-corrected chi connectivity index (χ1v) is 12.4. The van der Waals surface area contributed by atoms with Gasteiger partial charge < -0.3 is 20.1 Å². The molecule has 2 aliphatic heterocycles. The molecule has 0 amide bonds. The number of anilines is 1. The summed E-state index contributed by atoms with van der Waals surface area (Å²) in [4.78, 5) is 18.8.